The quantitative estimate of drug-likeness (QED) is 0.780. The van der Waals surface area contributed by atoms with Gasteiger partial charge in [0.2, 0.25) is 5.95 Å². The molecule has 20 heavy (non-hydrogen) atoms. The van der Waals surface area contributed by atoms with Gasteiger partial charge in [0.05, 0.1) is 12.5 Å². The monoisotopic (exact) mass is 272 g/mol. The van der Waals surface area contributed by atoms with Crippen molar-refractivity contribution >= 4 is 11.9 Å². The summed E-state index contributed by atoms with van der Waals surface area (Å²) < 4.78 is 1.75. The highest BCUT2D eigenvalue weighted by Crippen LogP contribution is 2.12. The lowest BCUT2D eigenvalue weighted by atomic mass is 10.3. The summed E-state index contributed by atoms with van der Waals surface area (Å²) in [7, 11) is 1.83. The maximum Gasteiger partial charge on any atom is 0.272 e. The predicted octanol–water partition coefficient (Wildman–Crippen LogP) is 0.172. The summed E-state index contributed by atoms with van der Waals surface area (Å²) in [5.74, 6) is 0.749. The SMILES string of the molecule is Cn1cncc1C(=O)N1CCN(c2ncccn2)CC1. The van der Waals surface area contributed by atoms with Gasteiger partial charge in [-0.1, -0.05) is 0 Å². The van der Waals surface area contributed by atoms with E-state index in [4.69, 9.17) is 0 Å². The van der Waals surface area contributed by atoms with Crippen LogP contribution in [0.15, 0.2) is 31.0 Å². The molecule has 1 fully saturated rings. The maximum absolute atomic E-state index is 12.3. The molecule has 104 valence electrons. The third-order valence-corrected chi connectivity index (χ3v) is 3.44. The summed E-state index contributed by atoms with van der Waals surface area (Å²) in [6.07, 6.45) is 6.71. The Hall–Kier alpha value is -2.44. The van der Waals surface area contributed by atoms with E-state index < -0.39 is 0 Å². The lowest BCUT2D eigenvalue weighted by Crippen LogP contribution is -2.49. The van der Waals surface area contributed by atoms with Gasteiger partial charge >= 0.3 is 0 Å². The van der Waals surface area contributed by atoms with Crippen LogP contribution in [0.2, 0.25) is 0 Å². The summed E-state index contributed by atoms with van der Waals surface area (Å²) in [6.45, 7) is 2.83. The molecule has 7 nitrogen and oxygen atoms in total. The van der Waals surface area contributed by atoms with Crippen molar-refractivity contribution in [2.45, 2.75) is 0 Å². The van der Waals surface area contributed by atoms with Gasteiger partial charge in [-0.3, -0.25) is 4.79 Å². The van der Waals surface area contributed by atoms with Crippen molar-refractivity contribution in [1.82, 2.24) is 24.4 Å². The normalized spacial score (nSPS) is 15.4. The first-order chi connectivity index (χ1) is 9.75. The molecule has 1 saturated heterocycles. The zero-order chi connectivity index (χ0) is 13.9. The topological polar surface area (TPSA) is 67.2 Å². The summed E-state index contributed by atoms with van der Waals surface area (Å²) in [5, 5.41) is 0. The highest BCUT2D eigenvalue weighted by Gasteiger charge is 2.24. The van der Waals surface area contributed by atoms with Gasteiger partial charge in [-0.2, -0.15) is 0 Å². The minimum atomic E-state index is 0.0265. The second-order valence-electron chi connectivity index (χ2n) is 4.72. The molecule has 0 aromatic carbocycles. The van der Waals surface area contributed by atoms with Crippen LogP contribution in [-0.4, -0.2) is 56.5 Å². The van der Waals surface area contributed by atoms with Crippen LogP contribution in [0.1, 0.15) is 10.5 Å². The number of aromatic nitrogens is 4. The van der Waals surface area contributed by atoms with E-state index in [1.165, 1.54) is 0 Å². The number of aryl methyl sites for hydroxylation is 1. The number of nitrogens with zero attached hydrogens (tertiary/aromatic N) is 6. The van der Waals surface area contributed by atoms with E-state index in [-0.39, 0.29) is 5.91 Å². The van der Waals surface area contributed by atoms with Crippen LogP contribution in [0.4, 0.5) is 5.95 Å². The van der Waals surface area contributed by atoms with Gasteiger partial charge < -0.3 is 14.4 Å². The second-order valence-corrected chi connectivity index (χ2v) is 4.72. The lowest BCUT2D eigenvalue weighted by molar-refractivity contribution is 0.0736. The average Bonchev–Trinajstić information content (AvgIpc) is 2.94. The van der Waals surface area contributed by atoms with Crippen LogP contribution in [0.25, 0.3) is 0 Å². The van der Waals surface area contributed by atoms with Gasteiger partial charge in [-0.15, -0.1) is 0 Å². The molecule has 0 bridgehead atoms. The molecule has 0 saturated carbocycles. The molecule has 1 aliphatic rings. The average molecular weight is 272 g/mol. The van der Waals surface area contributed by atoms with Crippen molar-refractivity contribution in [1.29, 1.82) is 0 Å². The number of rotatable bonds is 2. The first-order valence-electron chi connectivity index (χ1n) is 6.53. The van der Waals surface area contributed by atoms with Crippen LogP contribution in [0.5, 0.6) is 0 Å². The van der Waals surface area contributed by atoms with E-state index in [0.717, 1.165) is 19.0 Å². The van der Waals surface area contributed by atoms with Crippen LogP contribution in [0, 0.1) is 0 Å². The maximum atomic E-state index is 12.3. The number of carbonyl (C=O) groups is 1. The molecule has 0 unspecified atom stereocenters. The van der Waals surface area contributed by atoms with Crippen molar-refractivity contribution in [3.05, 3.63) is 36.7 Å². The summed E-state index contributed by atoms with van der Waals surface area (Å²) in [4.78, 5) is 28.7. The standard InChI is InChI=1S/C13H16N6O/c1-17-10-14-9-11(17)12(20)18-5-7-19(8-6-18)13-15-3-2-4-16-13/h2-4,9-10H,5-8H2,1H3. The van der Waals surface area contributed by atoms with Crippen molar-refractivity contribution in [3.8, 4) is 0 Å². The van der Waals surface area contributed by atoms with Gasteiger partial charge in [0.25, 0.3) is 5.91 Å². The number of hydrogen-bond donors (Lipinski definition) is 0. The minimum Gasteiger partial charge on any atom is -0.337 e. The smallest absolute Gasteiger partial charge is 0.272 e. The van der Waals surface area contributed by atoms with E-state index in [1.807, 2.05) is 11.9 Å². The van der Waals surface area contributed by atoms with Crippen LogP contribution < -0.4 is 4.90 Å². The fraction of sp³-hybridized carbons (Fsp3) is 0.385. The number of carbonyl (C=O) groups excluding carboxylic acids is 1. The molecular formula is C13H16N6O. The van der Waals surface area contributed by atoms with Gasteiger partial charge in [0, 0.05) is 45.6 Å². The lowest BCUT2D eigenvalue weighted by Gasteiger charge is -2.34. The Bertz CT molecular complexity index is 588. The molecular weight excluding hydrogens is 256 g/mol. The van der Waals surface area contributed by atoms with Crippen LogP contribution >= 0.6 is 0 Å². The summed E-state index contributed by atoms with van der Waals surface area (Å²) in [6, 6.07) is 1.80. The molecule has 2 aromatic heterocycles. The van der Waals surface area contributed by atoms with Gasteiger partial charge in [-0.05, 0) is 6.07 Å². The molecule has 1 amide bonds. The fourth-order valence-electron chi connectivity index (χ4n) is 2.29. The van der Waals surface area contributed by atoms with Crippen molar-refractivity contribution < 1.29 is 4.79 Å². The number of piperazine rings is 1. The van der Waals surface area contributed by atoms with E-state index in [2.05, 4.69) is 19.9 Å². The molecule has 0 atom stereocenters. The van der Waals surface area contributed by atoms with E-state index in [1.54, 1.807) is 35.6 Å². The van der Waals surface area contributed by atoms with Crippen LogP contribution in [0.3, 0.4) is 0 Å². The van der Waals surface area contributed by atoms with Gasteiger partial charge in [-0.25, -0.2) is 15.0 Å². The molecule has 2 aromatic rings. The number of imidazole rings is 1. The first kappa shape index (κ1) is 12.6. The minimum absolute atomic E-state index is 0.0265. The Labute approximate surface area is 116 Å². The van der Waals surface area contributed by atoms with Gasteiger partial charge in [0.1, 0.15) is 5.69 Å². The number of amides is 1. The molecule has 3 heterocycles. The second kappa shape index (κ2) is 5.28. The fourth-order valence-corrected chi connectivity index (χ4v) is 2.29. The highest BCUT2D eigenvalue weighted by molar-refractivity contribution is 5.92. The predicted molar refractivity (Wildman–Crippen MR) is 73.4 cm³/mol. The molecule has 1 aliphatic heterocycles. The van der Waals surface area contributed by atoms with E-state index in [0.29, 0.717) is 18.8 Å². The highest BCUT2D eigenvalue weighted by atomic mass is 16.2. The zero-order valence-corrected chi connectivity index (χ0v) is 11.3. The Kier molecular flexibility index (Phi) is 3.32. The third kappa shape index (κ3) is 2.34. The van der Waals surface area contributed by atoms with Crippen LogP contribution in [-0.2, 0) is 7.05 Å². The molecule has 0 N–H and O–H groups in total. The third-order valence-electron chi connectivity index (χ3n) is 3.44. The Morgan fingerprint density at radius 3 is 2.45 bits per heavy atom. The van der Waals surface area contributed by atoms with E-state index in [9.17, 15) is 4.79 Å². The number of hydrogen-bond acceptors (Lipinski definition) is 5. The van der Waals surface area contributed by atoms with Crippen molar-refractivity contribution in [3.63, 3.8) is 0 Å². The Morgan fingerprint density at radius 1 is 1.15 bits per heavy atom. The molecule has 3 rings (SSSR count). The summed E-state index contributed by atoms with van der Waals surface area (Å²) >= 11 is 0. The number of anilines is 1. The summed E-state index contributed by atoms with van der Waals surface area (Å²) in [5.41, 5.74) is 0.620. The Morgan fingerprint density at radius 2 is 1.85 bits per heavy atom. The molecule has 0 aliphatic carbocycles. The van der Waals surface area contributed by atoms with E-state index >= 15 is 0 Å². The van der Waals surface area contributed by atoms with Gasteiger partial charge in [0.15, 0.2) is 0 Å². The zero-order valence-electron chi connectivity index (χ0n) is 11.3. The largest absolute Gasteiger partial charge is 0.337 e. The molecule has 0 spiro atoms. The van der Waals surface area contributed by atoms with Crippen molar-refractivity contribution in [2.75, 3.05) is 31.1 Å². The first-order valence-corrected chi connectivity index (χ1v) is 6.53. The molecule has 0 radical (unpaired) electrons. The van der Waals surface area contributed by atoms with Crippen molar-refractivity contribution in [2.24, 2.45) is 7.05 Å². The Balaban J connectivity index is 1.64. The molecule has 7 heteroatoms.